The molecule has 1 aliphatic heterocycles. The fourth-order valence-corrected chi connectivity index (χ4v) is 3.81. The first kappa shape index (κ1) is 13.3. The molecule has 0 amide bonds. The molecular formula is C11H13BrClNO2S. The van der Waals surface area contributed by atoms with Crippen molar-refractivity contribution in [2.45, 2.75) is 6.54 Å². The van der Waals surface area contributed by atoms with Gasteiger partial charge in [0.1, 0.15) is 0 Å². The molecule has 3 nitrogen and oxygen atoms in total. The lowest BCUT2D eigenvalue weighted by atomic mass is 10.2. The van der Waals surface area contributed by atoms with E-state index >= 15 is 0 Å². The number of hydrogen-bond acceptors (Lipinski definition) is 3. The topological polar surface area (TPSA) is 37.4 Å². The molecule has 0 aromatic heterocycles. The summed E-state index contributed by atoms with van der Waals surface area (Å²) in [5, 5.41) is 0.716. The van der Waals surface area contributed by atoms with Crippen LogP contribution >= 0.6 is 27.5 Å². The third kappa shape index (κ3) is 3.68. The molecule has 1 heterocycles. The zero-order valence-corrected chi connectivity index (χ0v) is 12.4. The molecule has 1 saturated heterocycles. The van der Waals surface area contributed by atoms with Crippen molar-refractivity contribution in [3.63, 3.8) is 0 Å². The van der Waals surface area contributed by atoms with Gasteiger partial charge in [0.2, 0.25) is 0 Å². The van der Waals surface area contributed by atoms with Crippen molar-refractivity contribution in [2.75, 3.05) is 24.6 Å². The maximum absolute atomic E-state index is 11.3. The predicted molar refractivity (Wildman–Crippen MR) is 73.1 cm³/mol. The lowest BCUT2D eigenvalue weighted by Crippen LogP contribution is -2.39. The lowest BCUT2D eigenvalue weighted by Gasteiger charge is -2.26. The molecule has 2 rings (SSSR count). The molecule has 0 saturated carbocycles. The van der Waals surface area contributed by atoms with Gasteiger partial charge in [-0.3, -0.25) is 4.90 Å². The zero-order valence-electron chi connectivity index (χ0n) is 9.20. The molecule has 1 aromatic carbocycles. The van der Waals surface area contributed by atoms with Crippen molar-refractivity contribution in [1.82, 2.24) is 4.90 Å². The lowest BCUT2D eigenvalue weighted by molar-refractivity contribution is 0.288. The molecule has 0 bridgehead atoms. The van der Waals surface area contributed by atoms with E-state index in [0.717, 1.165) is 10.0 Å². The molecule has 1 aliphatic rings. The van der Waals surface area contributed by atoms with Gasteiger partial charge in [0, 0.05) is 29.1 Å². The van der Waals surface area contributed by atoms with E-state index in [0.29, 0.717) is 24.7 Å². The van der Waals surface area contributed by atoms with E-state index in [2.05, 4.69) is 20.8 Å². The van der Waals surface area contributed by atoms with Crippen LogP contribution in [0.1, 0.15) is 5.56 Å². The fraction of sp³-hybridized carbons (Fsp3) is 0.455. The van der Waals surface area contributed by atoms with E-state index < -0.39 is 9.84 Å². The van der Waals surface area contributed by atoms with Gasteiger partial charge in [0.15, 0.2) is 9.84 Å². The monoisotopic (exact) mass is 337 g/mol. The van der Waals surface area contributed by atoms with Gasteiger partial charge in [-0.2, -0.15) is 0 Å². The summed E-state index contributed by atoms with van der Waals surface area (Å²) in [6, 6.07) is 5.77. The molecular weight excluding hydrogens is 326 g/mol. The van der Waals surface area contributed by atoms with Crippen LogP contribution in [0.5, 0.6) is 0 Å². The zero-order chi connectivity index (χ0) is 12.5. The van der Waals surface area contributed by atoms with E-state index in [1.807, 2.05) is 18.2 Å². The summed E-state index contributed by atoms with van der Waals surface area (Å²) < 4.78 is 23.6. The summed E-state index contributed by atoms with van der Waals surface area (Å²) in [5.74, 6) is 0.502. The Bertz CT molecular complexity index is 504. The second-order valence-corrected chi connectivity index (χ2v) is 7.79. The van der Waals surface area contributed by atoms with Crippen LogP contribution in [0.3, 0.4) is 0 Å². The van der Waals surface area contributed by atoms with E-state index in [1.165, 1.54) is 0 Å². The highest BCUT2D eigenvalue weighted by Crippen LogP contribution is 2.23. The Morgan fingerprint density at radius 2 is 1.94 bits per heavy atom. The standard InChI is InChI=1S/C11H13BrClNO2S/c12-10-2-1-9(11(13)7-10)8-14-3-5-17(15,16)6-4-14/h1-2,7H,3-6,8H2. The molecule has 1 aromatic rings. The van der Waals surface area contributed by atoms with Gasteiger partial charge in [0.25, 0.3) is 0 Å². The first-order valence-corrected chi connectivity index (χ1v) is 8.32. The number of nitrogens with zero attached hydrogens (tertiary/aromatic N) is 1. The minimum atomic E-state index is -2.81. The first-order chi connectivity index (χ1) is 7.96. The molecule has 0 unspecified atom stereocenters. The molecule has 1 fully saturated rings. The molecule has 17 heavy (non-hydrogen) atoms. The maximum Gasteiger partial charge on any atom is 0.152 e. The van der Waals surface area contributed by atoms with Crippen LogP contribution in [0.4, 0.5) is 0 Å². The number of halogens is 2. The third-order valence-corrected chi connectivity index (χ3v) is 5.30. The molecule has 0 spiro atoms. The molecule has 0 N–H and O–H groups in total. The molecule has 94 valence electrons. The van der Waals surface area contributed by atoms with E-state index in [4.69, 9.17) is 11.6 Å². The second-order valence-electron chi connectivity index (χ2n) is 4.16. The van der Waals surface area contributed by atoms with Gasteiger partial charge >= 0.3 is 0 Å². The molecule has 0 radical (unpaired) electrons. The molecule has 6 heteroatoms. The Kier molecular flexibility index (Phi) is 4.13. The number of hydrogen-bond donors (Lipinski definition) is 0. The van der Waals surface area contributed by atoms with E-state index in [9.17, 15) is 8.42 Å². The smallest absolute Gasteiger partial charge is 0.152 e. The van der Waals surface area contributed by atoms with Crippen molar-refractivity contribution < 1.29 is 8.42 Å². The Balaban J connectivity index is 2.02. The van der Waals surface area contributed by atoms with Crippen molar-refractivity contribution >= 4 is 37.4 Å². The Morgan fingerprint density at radius 1 is 1.29 bits per heavy atom. The maximum atomic E-state index is 11.3. The SMILES string of the molecule is O=S1(=O)CCN(Cc2ccc(Br)cc2Cl)CC1. The highest BCUT2D eigenvalue weighted by molar-refractivity contribution is 9.10. The average molecular weight is 339 g/mol. The van der Waals surface area contributed by atoms with Gasteiger partial charge in [-0.15, -0.1) is 0 Å². The molecule has 0 aliphatic carbocycles. The van der Waals surface area contributed by atoms with Crippen LogP contribution in [0.25, 0.3) is 0 Å². The van der Waals surface area contributed by atoms with E-state index in [-0.39, 0.29) is 11.5 Å². The Hall–Kier alpha value is -0.100. The first-order valence-electron chi connectivity index (χ1n) is 5.33. The summed E-state index contributed by atoms with van der Waals surface area (Å²) in [6.07, 6.45) is 0. The summed E-state index contributed by atoms with van der Waals surface area (Å²) >= 11 is 9.49. The van der Waals surface area contributed by atoms with Crippen molar-refractivity contribution in [2.24, 2.45) is 0 Å². The van der Waals surface area contributed by atoms with Crippen LogP contribution in [-0.4, -0.2) is 37.9 Å². The number of rotatable bonds is 2. The van der Waals surface area contributed by atoms with Crippen molar-refractivity contribution in [3.05, 3.63) is 33.3 Å². The normalized spacial score (nSPS) is 20.4. The number of benzene rings is 1. The minimum absolute atomic E-state index is 0.251. The molecule has 0 atom stereocenters. The van der Waals surface area contributed by atoms with Crippen LogP contribution in [-0.2, 0) is 16.4 Å². The predicted octanol–water partition coefficient (Wildman–Crippen LogP) is 2.33. The summed E-state index contributed by atoms with van der Waals surface area (Å²) in [6.45, 7) is 1.89. The fourth-order valence-electron chi connectivity index (χ4n) is 1.80. The summed E-state index contributed by atoms with van der Waals surface area (Å²) in [5.41, 5.74) is 1.04. The van der Waals surface area contributed by atoms with Gasteiger partial charge < -0.3 is 0 Å². The summed E-state index contributed by atoms with van der Waals surface area (Å²) in [4.78, 5) is 2.12. The average Bonchev–Trinajstić information content (AvgIpc) is 2.25. The van der Waals surface area contributed by atoms with Crippen molar-refractivity contribution in [1.29, 1.82) is 0 Å². The largest absolute Gasteiger partial charge is 0.297 e. The second kappa shape index (κ2) is 5.26. The quantitative estimate of drug-likeness (QED) is 0.830. The minimum Gasteiger partial charge on any atom is -0.297 e. The van der Waals surface area contributed by atoms with Crippen LogP contribution in [0.15, 0.2) is 22.7 Å². The van der Waals surface area contributed by atoms with Crippen LogP contribution in [0.2, 0.25) is 5.02 Å². The summed E-state index contributed by atoms with van der Waals surface area (Å²) in [7, 11) is -2.81. The van der Waals surface area contributed by atoms with Gasteiger partial charge in [-0.1, -0.05) is 33.6 Å². The Morgan fingerprint density at radius 3 is 2.53 bits per heavy atom. The number of sulfone groups is 1. The highest BCUT2D eigenvalue weighted by Gasteiger charge is 2.21. The van der Waals surface area contributed by atoms with Gasteiger partial charge in [-0.25, -0.2) is 8.42 Å². The van der Waals surface area contributed by atoms with Gasteiger partial charge in [-0.05, 0) is 17.7 Å². The van der Waals surface area contributed by atoms with Gasteiger partial charge in [0.05, 0.1) is 11.5 Å². The third-order valence-electron chi connectivity index (χ3n) is 2.85. The highest BCUT2D eigenvalue weighted by atomic mass is 79.9. The van der Waals surface area contributed by atoms with Crippen LogP contribution in [0, 0.1) is 0 Å². The Labute approximate surface area is 115 Å². The van der Waals surface area contributed by atoms with Crippen molar-refractivity contribution in [3.8, 4) is 0 Å². The van der Waals surface area contributed by atoms with E-state index in [1.54, 1.807) is 0 Å². The van der Waals surface area contributed by atoms with Crippen LogP contribution < -0.4 is 0 Å².